The number of aryl methyl sites for hydroxylation is 1. The largest absolute Gasteiger partial charge is 0.252 e. The summed E-state index contributed by atoms with van der Waals surface area (Å²) in [4.78, 5) is 5.56. The number of hydrogen-bond donors (Lipinski definition) is 1. The minimum absolute atomic E-state index is 0.226. The molecule has 9 heteroatoms. The molecule has 84 valence electrons. The van der Waals surface area contributed by atoms with Crippen LogP contribution >= 0.6 is 0 Å². The Morgan fingerprint density at radius 3 is 3.06 bits per heavy atom. The zero-order valence-electron chi connectivity index (χ0n) is 8.69. The first kappa shape index (κ1) is 11.8. The molecule has 1 aromatic rings. The van der Waals surface area contributed by atoms with Gasteiger partial charge in [0.25, 0.3) is 0 Å². The molecule has 0 aromatic carbocycles. The van der Waals surface area contributed by atoms with Crippen molar-refractivity contribution in [2.24, 2.45) is 10.2 Å². The third-order valence-electron chi connectivity index (χ3n) is 1.85. The standard InChI is InChI=1S/C7H12N9/c8-13-10-3-1-2-4-16-6-7(12-15-16)5-11-14-9/h6,8H,1-5H2/q+1. The van der Waals surface area contributed by atoms with Gasteiger partial charge in [0.05, 0.1) is 12.2 Å². The Bertz CT molecular complexity index is 409. The van der Waals surface area contributed by atoms with E-state index in [1.807, 2.05) is 0 Å². The maximum Gasteiger partial charge on any atom is 0.214 e. The molecule has 9 nitrogen and oxygen atoms in total. The third kappa shape index (κ3) is 4.32. The Balaban J connectivity index is 2.28. The topological polar surface area (TPSA) is 130 Å². The van der Waals surface area contributed by atoms with Crippen LogP contribution in [0.15, 0.2) is 16.4 Å². The summed E-state index contributed by atoms with van der Waals surface area (Å²) in [5, 5.41) is 14.7. The number of rotatable bonds is 7. The van der Waals surface area contributed by atoms with Crippen molar-refractivity contribution in [2.75, 3.05) is 6.54 Å². The number of azide groups is 1. The van der Waals surface area contributed by atoms with E-state index < -0.39 is 0 Å². The minimum atomic E-state index is 0.226. The molecule has 1 rings (SSSR count). The third-order valence-corrected chi connectivity index (χ3v) is 1.85. The van der Waals surface area contributed by atoms with Crippen LogP contribution in [0.25, 0.3) is 10.4 Å². The second-order valence-corrected chi connectivity index (χ2v) is 3.03. The van der Waals surface area contributed by atoms with Crippen molar-refractivity contribution < 1.29 is 0 Å². The fraction of sp³-hybridized carbons (Fsp3) is 0.714. The van der Waals surface area contributed by atoms with Crippen LogP contribution in [0.1, 0.15) is 18.5 Å². The quantitative estimate of drug-likeness (QED) is 0.323. The highest BCUT2D eigenvalue weighted by molar-refractivity contribution is 4.91. The number of hydrogen-bond acceptors (Lipinski definition) is 5. The van der Waals surface area contributed by atoms with Gasteiger partial charge in [-0.25, -0.2) is 0 Å². The van der Waals surface area contributed by atoms with E-state index in [0.717, 1.165) is 19.4 Å². The predicted octanol–water partition coefficient (Wildman–Crippen LogP) is 1.42. The predicted molar refractivity (Wildman–Crippen MR) is 54.3 cm³/mol. The first-order valence-corrected chi connectivity index (χ1v) is 4.80. The van der Waals surface area contributed by atoms with E-state index >= 15 is 0 Å². The molecule has 0 saturated carbocycles. The molecule has 0 bridgehead atoms. The van der Waals surface area contributed by atoms with E-state index in [4.69, 9.17) is 11.1 Å². The molecule has 0 aliphatic rings. The molecule has 16 heavy (non-hydrogen) atoms. The van der Waals surface area contributed by atoms with Crippen molar-refractivity contribution in [3.63, 3.8) is 0 Å². The van der Waals surface area contributed by atoms with Crippen molar-refractivity contribution in [1.29, 1.82) is 5.53 Å². The first-order chi connectivity index (χ1) is 7.86. The monoisotopic (exact) mass is 222 g/mol. The summed E-state index contributed by atoms with van der Waals surface area (Å²) < 4.78 is 1.69. The molecular formula is C7H12N9+. The molecule has 0 unspecified atom stereocenters. The van der Waals surface area contributed by atoms with Gasteiger partial charge in [0.2, 0.25) is 4.91 Å². The second kappa shape index (κ2) is 7.10. The fourth-order valence-electron chi connectivity index (χ4n) is 1.13. The van der Waals surface area contributed by atoms with Crippen molar-refractivity contribution in [1.82, 2.24) is 19.9 Å². The Hall–Kier alpha value is -2.24. The lowest BCUT2D eigenvalue weighted by Crippen LogP contribution is -1.99. The molecule has 1 N–H and O–H groups in total. The summed E-state index contributed by atoms with van der Waals surface area (Å²) in [5.74, 6) is 0. The van der Waals surface area contributed by atoms with Crippen LogP contribution in [0.3, 0.4) is 0 Å². The lowest BCUT2D eigenvalue weighted by atomic mass is 10.3. The van der Waals surface area contributed by atoms with E-state index in [-0.39, 0.29) is 6.54 Å². The average molecular weight is 222 g/mol. The zero-order valence-corrected chi connectivity index (χ0v) is 8.69. The van der Waals surface area contributed by atoms with Gasteiger partial charge in [0.1, 0.15) is 17.2 Å². The van der Waals surface area contributed by atoms with Crippen molar-refractivity contribution in [2.45, 2.75) is 25.9 Å². The maximum absolute atomic E-state index is 8.13. The summed E-state index contributed by atoms with van der Waals surface area (Å²) in [5.41, 5.74) is 15.2. The van der Waals surface area contributed by atoms with E-state index in [1.165, 1.54) is 0 Å². The lowest BCUT2D eigenvalue weighted by Gasteiger charge is -1.95. The molecule has 0 spiro atoms. The summed E-state index contributed by atoms with van der Waals surface area (Å²) in [7, 11) is 0. The highest BCUT2D eigenvalue weighted by Crippen LogP contribution is 1.98. The molecule has 0 radical (unpaired) electrons. The van der Waals surface area contributed by atoms with Gasteiger partial charge in [-0.05, 0) is 18.4 Å². The highest BCUT2D eigenvalue weighted by atomic mass is 15.4. The first-order valence-electron chi connectivity index (χ1n) is 4.80. The molecule has 1 heterocycles. The molecular weight excluding hydrogens is 210 g/mol. The van der Waals surface area contributed by atoms with Crippen LogP contribution in [0.2, 0.25) is 0 Å². The average Bonchev–Trinajstić information content (AvgIpc) is 2.74. The number of unbranched alkanes of at least 4 members (excludes halogenated alkanes) is 1. The van der Waals surface area contributed by atoms with Crippen LogP contribution in [-0.2, 0) is 13.1 Å². The van der Waals surface area contributed by atoms with Crippen LogP contribution in [0, 0.1) is 5.53 Å². The minimum Gasteiger partial charge on any atom is -0.252 e. The van der Waals surface area contributed by atoms with E-state index in [2.05, 4.69) is 30.4 Å². The normalized spacial score (nSPS) is 9.25. The van der Waals surface area contributed by atoms with E-state index in [0.29, 0.717) is 12.2 Å². The van der Waals surface area contributed by atoms with E-state index in [9.17, 15) is 0 Å². The summed E-state index contributed by atoms with van der Waals surface area (Å²) in [6.45, 7) is 1.52. The summed E-state index contributed by atoms with van der Waals surface area (Å²) >= 11 is 0. The summed E-state index contributed by atoms with van der Waals surface area (Å²) in [6.07, 6.45) is 3.50. The number of aromatic nitrogens is 3. The van der Waals surface area contributed by atoms with Gasteiger partial charge in [-0.3, -0.25) is 4.68 Å². The van der Waals surface area contributed by atoms with Gasteiger partial charge in [0, 0.05) is 17.7 Å². The Kier molecular flexibility index (Phi) is 5.25. The molecule has 0 fully saturated rings. The lowest BCUT2D eigenvalue weighted by molar-refractivity contribution is 0.540. The van der Waals surface area contributed by atoms with Crippen LogP contribution < -0.4 is 4.91 Å². The van der Waals surface area contributed by atoms with Gasteiger partial charge in [0.15, 0.2) is 0 Å². The van der Waals surface area contributed by atoms with Crippen LogP contribution in [-0.4, -0.2) is 21.5 Å². The fourth-order valence-corrected chi connectivity index (χ4v) is 1.13. The van der Waals surface area contributed by atoms with Crippen molar-refractivity contribution in [3.8, 4) is 0 Å². The zero-order chi connectivity index (χ0) is 11.6. The molecule has 0 amide bonds. The van der Waals surface area contributed by atoms with Gasteiger partial charge >= 0.3 is 0 Å². The Morgan fingerprint density at radius 1 is 1.44 bits per heavy atom. The van der Waals surface area contributed by atoms with E-state index in [1.54, 1.807) is 10.9 Å². The molecule has 0 aliphatic heterocycles. The SMILES string of the molecule is [N-]=[N+]=NCc1cn(CCCCN=[N+]=N)nn1. The molecule has 1 aromatic heterocycles. The second-order valence-electron chi connectivity index (χ2n) is 3.03. The summed E-state index contributed by atoms with van der Waals surface area (Å²) in [6, 6.07) is 0. The smallest absolute Gasteiger partial charge is 0.214 e. The Morgan fingerprint density at radius 2 is 2.31 bits per heavy atom. The molecule has 0 saturated heterocycles. The van der Waals surface area contributed by atoms with Crippen molar-refractivity contribution >= 4 is 0 Å². The van der Waals surface area contributed by atoms with Crippen molar-refractivity contribution in [3.05, 3.63) is 22.3 Å². The molecule has 0 aliphatic carbocycles. The Labute approximate surface area is 91.3 Å². The van der Waals surface area contributed by atoms with Gasteiger partial charge < -0.3 is 0 Å². The van der Waals surface area contributed by atoms with Crippen LogP contribution in [0.4, 0.5) is 0 Å². The maximum atomic E-state index is 8.13. The van der Waals surface area contributed by atoms with Gasteiger partial charge in [-0.1, -0.05) is 10.3 Å². The number of nitrogens with zero attached hydrogens (tertiary/aromatic N) is 8. The highest BCUT2D eigenvalue weighted by Gasteiger charge is 1.99. The number of nitrogens with one attached hydrogen (secondary N) is 1. The van der Waals surface area contributed by atoms with Gasteiger partial charge in [-0.2, -0.15) is 0 Å². The molecule has 0 atom stereocenters. The van der Waals surface area contributed by atoms with Gasteiger partial charge in [-0.15, -0.1) is 5.10 Å². The van der Waals surface area contributed by atoms with Crippen LogP contribution in [0.5, 0.6) is 0 Å².